The van der Waals surface area contributed by atoms with Gasteiger partial charge in [-0.1, -0.05) is 0 Å². The fourth-order valence-electron chi connectivity index (χ4n) is 5.86. The highest BCUT2D eigenvalue weighted by Gasteiger charge is 2.53. The molecule has 0 aromatic rings. The summed E-state index contributed by atoms with van der Waals surface area (Å²) in [5.41, 5.74) is 24.1. The van der Waals surface area contributed by atoms with Crippen LogP contribution in [-0.2, 0) is 23.7 Å². The summed E-state index contributed by atoms with van der Waals surface area (Å²) < 4.78 is 30.1. The van der Waals surface area contributed by atoms with E-state index in [1.54, 1.807) is 7.05 Å². The molecule has 0 radical (unpaired) electrons. The molecular weight excluding hydrogens is 504 g/mol. The molecule has 15 nitrogen and oxygen atoms in total. The Bertz CT molecular complexity index is 741. The molecule has 38 heavy (non-hydrogen) atoms. The summed E-state index contributed by atoms with van der Waals surface area (Å²) >= 11 is 0. The van der Waals surface area contributed by atoms with E-state index >= 15 is 0 Å². The lowest BCUT2D eigenvalue weighted by atomic mass is 9.88. The van der Waals surface area contributed by atoms with Gasteiger partial charge in [-0.05, 0) is 32.7 Å². The number of aliphatic hydroxyl groups excluding tert-OH is 4. The van der Waals surface area contributed by atoms with Crippen molar-refractivity contribution in [1.82, 2.24) is 10.6 Å². The van der Waals surface area contributed by atoms with Crippen molar-refractivity contribution in [1.29, 1.82) is 0 Å². The average Bonchev–Trinajstić information content (AvgIpc) is 2.88. The first-order valence-corrected chi connectivity index (χ1v) is 13.5. The Labute approximate surface area is 222 Å². The zero-order chi connectivity index (χ0) is 27.6. The Hall–Kier alpha value is -0.600. The van der Waals surface area contributed by atoms with E-state index in [0.717, 1.165) is 6.42 Å². The maximum atomic E-state index is 11.2. The molecule has 3 saturated heterocycles. The number of aliphatic hydroxyl groups is 4. The second-order valence-corrected chi connectivity index (χ2v) is 10.7. The Balaban J connectivity index is 1.40. The molecule has 15 heteroatoms. The predicted octanol–water partition coefficient (Wildman–Crippen LogP) is -5.30. The van der Waals surface area contributed by atoms with Crippen LogP contribution in [0.25, 0.3) is 0 Å². The van der Waals surface area contributed by atoms with Gasteiger partial charge in [-0.25, -0.2) is 0 Å². The molecule has 3 heterocycles. The van der Waals surface area contributed by atoms with Gasteiger partial charge < -0.3 is 77.7 Å². The van der Waals surface area contributed by atoms with E-state index in [2.05, 4.69) is 10.6 Å². The third-order valence-electron chi connectivity index (χ3n) is 8.01. The van der Waals surface area contributed by atoms with Crippen molar-refractivity contribution in [2.75, 3.05) is 26.7 Å². The van der Waals surface area contributed by atoms with Crippen LogP contribution in [0.3, 0.4) is 0 Å². The molecular formula is C23H46N6O9. The van der Waals surface area contributed by atoms with Crippen LogP contribution in [-0.4, -0.2) is 139 Å². The second-order valence-electron chi connectivity index (χ2n) is 10.7. The summed E-state index contributed by atoms with van der Waals surface area (Å²) in [4.78, 5) is 0. The van der Waals surface area contributed by atoms with Crippen molar-refractivity contribution in [2.24, 2.45) is 22.9 Å². The van der Waals surface area contributed by atoms with Crippen LogP contribution in [0, 0.1) is 0 Å². The fraction of sp³-hybridized carbons (Fsp3) is 1.00. The van der Waals surface area contributed by atoms with Crippen molar-refractivity contribution in [2.45, 2.75) is 117 Å². The lowest BCUT2D eigenvalue weighted by Crippen LogP contribution is -2.70. The topological polar surface area (TPSA) is 255 Å². The first-order valence-electron chi connectivity index (χ1n) is 13.5. The summed E-state index contributed by atoms with van der Waals surface area (Å²) in [6.45, 7) is 0.226. The highest BCUT2D eigenvalue weighted by molar-refractivity contribution is 5.00. The van der Waals surface area contributed by atoms with Gasteiger partial charge in [-0.15, -0.1) is 0 Å². The standard InChI is InChI=1S/C23H46N6O9/c1-28-16-18(32)20-13(7-11(27)21(37-20)34-12-3-2-9(25)6-10(12)26)35-22(16)38-23-19(33)17(31)15(29-5-4-24)14(8-30)36-23/h9-23,28-33H,2-8,24-27H2,1H3/t9?,10?,11?,12-,13-,14?,15+,16?,17?,18?,19?,20?,21-,22?,23+/m0/s1. The SMILES string of the molecule is CNC1C(O[C@H]2OC(CO)[C@@H](NCCN)C(O)C2O)O[C@H]2CC(N)[C@@H](O[C@H]3CCC(N)CC3N)OC2C1O. The molecule has 1 saturated carbocycles. The molecule has 0 aromatic carbocycles. The average molecular weight is 551 g/mol. The van der Waals surface area contributed by atoms with Crippen LogP contribution in [0.4, 0.5) is 0 Å². The van der Waals surface area contributed by atoms with Crippen LogP contribution in [0.2, 0.25) is 0 Å². The quantitative estimate of drug-likeness (QED) is 0.129. The number of fused-ring (bicyclic) bond motifs is 1. The number of rotatable bonds is 9. The molecule has 10 unspecified atom stereocenters. The molecule has 4 fully saturated rings. The van der Waals surface area contributed by atoms with Crippen molar-refractivity contribution in [3.63, 3.8) is 0 Å². The Morgan fingerprint density at radius 1 is 0.842 bits per heavy atom. The number of nitrogens with two attached hydrogens (primary N) is 4. The zero-order valence-electron chi connectivity index (χ0n) is 21.7. The van der Waals surface area contributed by atoms with Crippen LogP contribution < -0.4 is 33.6 Å². The lowest BCUT2D eigenvalue weighted by Gasteiger charge is -2.51. The molecule has 222 valence electrons. The summed E-state index contributed by atoms with van der Waals surface area (Å²) in [5, 5.41) is 48.3. The van der Waals surface area contributed by atoms with Gasteiger partial charge in [0.1, 0.15) is 30.5 Å². The van der Waals surface area contributed by atoms with E-state index in [1.807, 2.05) is 0 Å². The fourth-order valence-corrected chi connectivity index (χ4v) is 5.86. The minimum Gasteiger partial charge on any atom is -0.394 e. The largest absolute Gasteiger partial charge is 0.394 e. The second kappa shape index (κ2) is 13.4. The summed E-state index contributed by atoms with van der Waals surface area (Å²) in [5.74, 6) is 0. The molecule has 4 rings (SSSR count). The first-order chi connectivity index (χ1) is 18.2. The van der Waals surface area contributed by atoms with Gasteiger partial charge in [0.15, 0.2) is 18.9 Å². The van der Waals surface area contributed by atoms with Crippen LogP contribution in [0.5, 0.6) is 0 Å². The zero-order valence-corrected chi connectivity index (χ0v) is 21.7. The molecule has 15 atom stereocenters. The van der Waals surface area contributed by atoms with Crippen molar-refractivity contribution in [3.05, 3.63) is 0 Å². The molecule has 0 spiro atoms. The monoisotopic (exact) mass is 550 g/mol. The third kappa shape index (κ3) is 6.48. The number of hydrogen-bond acceptors (Lipinski definition) is 15. The number of likely N-dealkylation sites (N-methyl/N-ethyl adjacent to an activating group) is 1. The molecule has 0 aromatic heterocycles. The third-order valence-corrected chi connectivity index (χ3v) is 8.01. The number of hydrogen-bond donors (Lipinski definition) is 10. The molecule has 0 bridgehead atoms. The lowest BCUT2D eigenvalue weighted by molar-refractivity contribution is -0.372. The van der Waals surface area contributed by atoms with Crippen molar-refractivity contribution >= 4 is 0 Å². The van der Waals surface area contributed by atoms with E-state index in [4.69, 9.17) is 46.6 Å². The molecule has 4 aliphatic rings. The summed E-state index contributed by atoms with van der Waals surface area (Å²) in [6.07, 6.45) is -7.13. The van der Waals surface area contributed by atoms with Crippen LogP contribution >= 0.6 is 0 Å². The van der Waals surface area contributed by atoms with Crippen LogP contribution in [0.1, 0.15) is 25.7 Å². The van der Waals surface area contributed by atoms with Gasteiger partial charge in [-0.3, -0.25) is 0 Å². The van der Waals surface area contributed by atoms with Gasteiger partial charge in [0.05, 0.1) is 36.9 Å². The van der Waals surface area contributed by atoms with Gasteiger partial charge in [0, 0.05) is 25.2 Å². The number of nitrogens with one attached hydrogen (secondary N) is 2. The van der Waals surface area contributed by atoms with E-state index in [0.29, 0.717) is 32.4 Å². The Morgan fingerprint density at radius 2 is 1.61 bits per heavy atom. The normalized spacial score (nSPS) is 50.0. The molecule has 14 N–H and O–H groups in total. The molecule has 3 aliphatic heterocycles. The molecule has 0 amide bonds. The van der Waals surface area contributed by atoms with Gasteiger partial charge in [0.2, 0.25) is 0 Å². The van der Waals surface area contributed by atoms with E-state index < -0.39 is 80.2 Å². The van der Waals surface area contributed by atoms with E-state index in [1.165, 1.54) is 0 Å². The maximum Gasteiger partial charge on any atom is 0.189 e. The number of ether oxygens (including phenoxy) is 5. The minimum absolute atomic E-state index is 0.0468. The smallest absolute Gasteiger partial charge is 0.189 e. The Kier molecular flexibility index (Phi) is 10.7. The van der Waals surface area contributed by atoms with E-state index in [-0.39, 0.29) is 18.2 Å². The summed E-state index contributed by atoms with van der Waals surface area (Å²) in [6, 6.07) is -2.27. The van der Waals surface area contributed by atoms with Crippen LogP contribution in [0.15, 0.2) is 0 Å². The maximum absolute atomic E-state index is 11.2. The summed E-state index contributed by atoms with van der Waals surface area (Å²) in [7, 11) is 1.62. The predicted molar refractivity (Wildman–Crippen MR) is 133 cm³/mol. The van der Waals surface area contributed by atoms with Gasteiger partial charge >= 0.3 is 0 Å². The highest BCUT2D eigenvalue weighted by atomic mass is 16.8. The molecule has 1 aliphatic carbocycles. The first kappa shape index (κ1) is 30.4. The van der Waals surface area contributed by atoms with Gasteiger partial charge in [0.25, 0.3) is 0 Å². The van der Waals surface area contributed by atoms with Crippen molar-refractivity contribution < 1.29 is 44.1 Å². The van der Waals surface area contributed by atoms with Gasteiger partial charge in [-0.2, -0.15) is 0 Å². The van der Waals surface area contributed by atoms with Crippen molar-refractivity contribution in [3.8, 4) is 0 Å². The minimum atomic E-state index is -1.46. The Morgan fingerprint density at radius 3 is 2.26 bits per heavy atom. The highest BCUT2D eigenvalue weighted by Crippen LogP contribution is 2.35. The van der Waals surface area contributed by atoms with E-state index in [9.17, 15) is 20.4 Å².